The molecule has 0 aromatic rings. The summed E-state index contributed by atoms with van der Waals surface area (Å²) in [6, 6.07) is 0. The van der Waals surface area contributed by atoms with Crippen molar-refractivity contribution in [3.63, 3.8) is 0 Å². The topological polar surface area (TPSA) is 145 Å². The summed E-state index contributed by atoms with van der Waals surface area (Å²) in [5.74, 6) is 0. The lowest BCUT2D eigenvalue weighted by Gasteiger charge is -2.38. The lowest BCUT2D eigenvalue weighted by atomic mass is 10.5. The summed E-state index contributed by atoms with van der Waals surface area (Å²) < 4.78 is 83.8. The Kier molecular flexibility index (Phi) is 11.6. The Labute approximate surface area is 198 Å². The van der Waals surface area contributed by atoms with Crippen molar-refractivity contribution in [3.05, 3.63) is 0 Å². The van der Waals surface area contributed by atoms with E-state index < -0.39 is 36.2 Å². The molecule has 0 amide bonds. The molecular weight excluding hydrogens is 520 g/mol. The molecule has 0 N–H and O–H groups in total. The van der Waals surface area contributed by atoms with Crippen LogP contribution in [0, 0.1) is 0 Å². The molecule has 2 rings (SSSR count). The van der Waals surface area contributed by atoms with Crippen molar-refractivity contribution in [1.29, 1.82) is 0 Å². The van der Waals surface area contributed by atoms with Crippen LogP contribution < -0.4 is 0 Å². The van der Waals surface area contributed by atoms with Gasteiger partial charge < -0.3 is 66.1 Å². The quantitative estimate of drug-likeness (QED) is 0.131. The summed E-state index contributed by atoms with van der Waals surface area (Å²) in [6.07, 6.45) is -0.157. The zero-order valence-electron chi connectivity index (χ0n) is 20.1. The first-order valence-corrected chi connectivity index (χ1v) is 16.3. The highest BCUT2D eigenvalue weighted by molar-refractivity contribution is 6.77. The zero-order valence-corrected chi connectivity index (χ0v) is 24.1. The highest BCUT2D eigenvalue weighted by Gasteiger charge is 2.68. The number of ether oxygens (including phenoxy) is 2. The van der Waals surface area contributed by atoms with Crippen LogP contribution >= 0.6 is 0 Å². The zero-order chi connectivity index (χ0) is 24.6. The van der Waals surface area contributed by atoms with Gasteiger partial charge in [0.1, 0.15) is 12.2 Å². The standard InChI is InChI=1S/C14H34O15Si4/c1-15-30(16-2,25-11-13-9-23-13)27-32(19-5,20-6)29-33(21-7,22-8)28-31(17-3,18-4)26-12-14-10-24-14/h13-14H,9-12H2,1-8H3. The van der Waals surface area contributed by atoms with E-state index in [1.807, 2.05) is 0 Å². The van der Waals surface area contributed by atoms with Gasteiger partial charge in [-0.1, -0.05) is 0 Å². The molecule has 2 atom stereocenters. The minimum Gasteiger partial charge on any atom is -0.371 e. The van der Waals surface area contributed by atoms with E-state index in [1.165, 1.54) is 56.9 Å². The Bertz CT molecular complexity index is 517. The lowest BCUT2D eigenvalue weighted by molar-refractivity contribution is -0.0641. The molecule has 2 aliphatic rings. The molecule has 2 saturated heterocycles. The summed E-state index contributed by atoms with van der Waals surface area (Å²) >= 11 is 0. The highest BCUT2D eigenvalue weighted by Crippen LogP contribution is 2.28. The van der Waals surface area contributed by atoms with Crippen LogP contribution in [0.1, 0.15) is 0 Å². The first kappa shape index (κ1) is 29.5. The third-order valence-electron chi connectivity index (χ3n) is 4.45. The molecule has 33 heavy (non-hydrogen) atoms. The Hall–Kier alpha value is 0.268. The summed E-state index contributed by atoms with van der Waals surface area (Å²) in [5.41, 5.74) is 0. The molecule has 0 aromatic carbocycles. The molecule has 2 heterocycles. The van der Waals surface area contributed by atoms with Gasteiger partial charge in [0, 0.05) is 56.9 Å². The van der Waals surface area contributed by atoms with Crippen molar-refractivity contribution in [2.45, 2.75) is 12.2 Å². The van der Waals surface area contributed by atoms with E-state index in [0.717, 1.165) is 0 Å². The molecule has 0 bridgehead atoms. The molecule has 15 nitrogen and oxygen atoms in total. The summed E-state index contributed by atoms with van der Waals surface area (Å²) in [6.45, 7) is 1.49. The molecule has 2 aliphatic heterocycles. The minimum absolute atomic E-state index is 0.0785. The van der Waals surface area contributed by atoms with E-state index in [-0.39, 0.29) is 25.4 Å². The van der Waals surface area contributed by atoms with Gasteiger partial charge in [0.25, 0.3) is 0 Å². The molecule has 0 radical (unpaired) electrons. The number of epoxide rings is 2. The Balaban J connectivity index is 2.25. The van der Waals surface area contributed by atoms with Gasteiger partial charge in [-0.15, -0.1) is 0 Å². The molecule has 0 aliphatic carbocycles. The molecule has 2 fully saturated rings. The number of hydrogen-bond acceptors (Lipinski definition) is 15. The predicted octanol–water partition coefficient (Wildman–Crippen LogP) is -1.22. The maximum absolute atomic E-state index is 6.06. The summed E-state index contributed by atoms with van der Waals surface area (Å²) in [4.78, 5) is 0. The smallest absolute Gasteiger partial charge is 0.371 e. The van der Waals surface area contributed by atoms with Crippen molar-refractivity contribution in [3.8, 4) is 0 Å². The minimum atomic E-state index is -4.14. The molecule has 2 unspecified atom stereocenters. The second kappa shape index (κ2) is 13.0. The van der Waals surface area contributed by atoms with Crippen LogP contribution in [0.5, 0.6) is 0 Å². The second-order valence-corrected chi connectivity index (χ2v) is 16.8. The first-order chi connectivity index (χ1) is 15.8. The van der Waals surface area contributed by atoms with Crippen LogP contribution in [-0.2, 0) is 66.1 Å². The Morgan fingerprint density at radius 1 is 0.485 bits per heavy atom. The number of rotatable bonds is 20. The van der Waals surface area contributed by atoms with Gasteiger partial charge in [-0.25, -0.2) is 0 Å². The van der Waals surface area contributed by atoms with E-state index in [4.69, 9.17) is 66.1 Å². The molecule has 196 valence electrons. The van der Waals surface area contributed by atoms with Gasteiger partial charge in [0.2, 0.25) is 0 Å². The van der Waals surface area contributed by atoms with Gasteiger partial charge in [-0.3, -0.25) is 0 Å². The van der Waals surface area contributed by atoms with E-state index in [0.29, 0.717) is 13.2 Å². The average molecular weight is 555 g/mol. The van der Waals surface area contributed by atoms with E-state index in [1.54, 1.807) is 0 Å². The second-order valence-electron chi connectivity index (χ2n) is 6.47. The van der Waals surface area contributed by atoms with Crippen LogP contribution in [-0.4, -0.2) is 132 Å². The third kappa shape index (κ3) is 8.14. The fourth-order valence-corrected chi connectivity index (χ4v) is 13.5. The Morgan fingerprint density at radius 3 is 0.939 bits per heavy atom. The van der Waals surface area contributed by atoms with Crippen LogP contribution in [0.2, 0.25) is 0 Å². The maximum Gasteiger partial charge on any atom is 0.673 e. The maximum atomic E-state index is 6.06. The molecular formula is C14H34O15Si4. The SMILES string of the molecule is CO[Si](OC)(OCC1CO1)O[Si](OC)(OC)O[Si](OC)(OC)O[Si](OC)(OC)OCC1CO1. The van der Waals surface area contributed by atoms with Gasteiger partial charge in [0.05, 0.1) is 26.4 Å². The normalized spacial score (nSPS) is 21.5. The van der Waals surface area contributed by atoms with Crippen LogP contribution in [0.4, 0.5) is 0 Å². The van der Waals surface area contributed by atoms with Crippen molar-refractivity contribution in [2.75, 3.05) is 83.3 Å². The summed E-state index contributed by atoms with van der Waals surface area (Å²) in [7, 11) is -5.19. The average Bonchev–Trinajstić information content (AvgIpc) is 3.78. The number of hydrogen-bond donors (Lipinski definition) is 0. The third-order valence-corrected chi connectivity index (χ3v) is 15.5. The first-order valence-electron chi connectivity index (χ1n) is 9.79. The van der Waals surface area contributed by atoms with Crippen molar-refractivity contribution >= 4 is 36.2 Å². The van der Waals surface area contributed by atoms with Crippen LogP contribution in [0.3, 0.4) is 0 Å². The lowest BCUT2D eigenvalue weighted by Crippen LogP contribution is -2.69. The van der Waals surface area contributed by atoms with Gasteiger partial charge in [-0.05, 0) is 0 Å². The molecule has 19 heteroatoms. The van der Waals surface area contributed by atoms with E-state index in [9.17, 15) is 0 Å². The monoisotopic (exact) mass is 554 g/mol. The molecule has 0 spiro atoms. The molecule has 0 saturated carbocycles. The van der Waals surface area contributed by atoms with E-state index >= 15 is 0 Å². The van der Waals surface area contributed by atoms with E-state index in [2.05, 4.69) is 0 Å². The van der Waals surface area contributed by atoms with Crippen LogP contribution in [0.25, 0.3) is 0 Å². The van der Waals surface area contributed by atoms with Gasteiger partial charge in [0.15, 0.2) is 0 Å². The fourth-order valence-electron chi connectivity index (χ4n) is 2.35. The highest BCUT2D eigenvalue weighted by atomic mass is 28.5. The Morgan fingerprint density at radius 2 is 0.727 bits per heavy atom. The molecule has 0 aromatic heterocycles. The van der Waals surface area contributed by atoms with Gasteiger partial charge in [-0.2, -0.15) is 0 Å². The largest absolute Gasteiger partial charge is 0.673 e. The van der Waals surface area contributed by atoms with Crippen molar-refractivity contribution in [1.82, 2.24) is 0 Å². The van der Waals surface area contributed by atoms with Crippen LogP contribution in [0.15, 0.2) is 0 Å². The fraction of sp³-hybridized carbons (Fsp3) is 1.00. The van der Waals surface area contributed by atoms with Crippen molar-refractivity contribution < 1.29 is 66.1 Å². The van der Waals surface area contributed by atoms with Crippen molar-refractivity contribution in [2.24, 2.45) is 0 Å². The summed E-state index contributed by atoms with van der Waals surface area (Å²) in [5, 5.41) is 0. The predicted molar refractivity (Wildman–Crippen MR) is 114 cm³/mol. The van der Waals surface area contributed by atoms with Gasteiger partial charge >= 0.3 is 36.2 Å².